The molecule has 3 aromatic carbocycles. The summed E-state index contributed by atoms with van der Waals surface area (Å²) in [6, 6.07) is 19.9. The highest BCUT2D eigenvalue weighted by atomic mass is 19.1. The first-order valence-corrected chi connectivity index (χ1v) is 10.3. The average molecular weight is 417 g/mol. The number of rotatable bonds is 3. The van der Waals surface area contributed by atoms with E-state index in [0.29, 0.717) is 18.7 Å². The zero-order valence-corrected chi connectivity index (χ0v) is 17.1. The molecule has 0 spiro atoms. The summed E-state index contributed by atoms with van der Waals surface area (Å²) in [4.78, 5) is 16.1. The van der Waals surface area contributed by atoms with Crippen LogP contribution in [-0.2, 0) is 30.7 Å². The normalized spacial score (nSPS) is 13.6. The minimum atomic E-state index is -0.369. The standard InChI is InChI=1S/C16H14FN3O2.C9H10/c17-13-4-2-11(3-5-13)15(21)19-8-10-1-6-14-12(7-10)9-22-16(18)20-14;1-2-5-9-7-3-6-8(9)4-1/h1-7H,8-9H2,(H2,18,20)(H,19,21);1-2,4-5H,3,6-7H2. The number of amidine groups is 1. The average Bonchev–Trinajstić information content (AvgIpc) is 3.27. The van der Waals surface area contributed by atoms with Crippen molar-refractivity contribution in [2.24, 2.45) is 10.7 Å². The number of nitrogens with zero attached hydrogens (tertiary/aromatic N) is 1. The minimum absolute atomic E-state index is 0.157. The quantitative estimate of drug-likeness (QED) is 0.663. The summed E-state index contributed by atoms with van der Waals surface area (Å²) >= 11 is 0. The number of nitrogens with one attached hydrogen (secondary N) is 1. The van der Waals surface area contributed by atoms with Gasteiger partial charge in [-0.2, -0.15) is 4.99 Å². The maximum Gasteiger partial charge on any atom is 0.287 e. The molecule has 3 N–H and O–H groups in total. The van der Waals surface area contributed by atoms with Crippen molar-refractivity contribution in [1.82, 2.24) is 5.32 Å². The number of fused-ring (bicyclic) bond motifs is 2. The lowest BCUT2D eigenvalue weighted by molar-refractivity contribution is 0.0951. The zero-order chi connectivity index (χ0) is 21.6. The van der Waals surface area contributed by atoms with Crippen molar-refractivity contribution >= 4 is 17.6 Å². The molecule has 3 aromatic rings. The molecule has 158 valence electrons. The molecule has 0 aromatic heterocycles. The molecule has 1 aliphatic carbocycles. The highest BCUT2D eigenvalue weighted by Gasteiger charge is 2.12. The van der Waals surface area contributed by atoms with Crippen molar-refractivity contribution in [2.45, 2.75) is 32.4 Å². The van der Waals surface area contributed by atoms with Gasteiger partial charge in [0.2, 0.25) is 0 Å². The Hall–Kier alpha value is -3.67. The van der Waals surface area contributed by atoms with Crippen LogP contribution in [0.15, 0.2) is 71.7 Å². The Kier molecular flexibility index (Phi) is 6.26. The van der Waals surface area contributed by atoms with Gasteiger partial charge in [0.15, 0.2) is 0 Å². The van der Waals surface area contributed by atoms with Crippen molar-refractivity contribution < 1.29 is 13.9 Å². The SMILES string of the molecule is NC1=Nc2ccc(CNC(=O)c3ccc(F)cc3)cc2CO1.c1ccc2c(c1)CCC2. The second kappa shape index (κ2) is 9.43. The van der Waals surface area contributed by atoms with E-state index in [1.807, 2.05) is 18.2 Å². The molecule has 0 radical (unpaired) electrons. The Bertz CT molecular complexity index is 1090. The number of halogens is 1. The Morgan fingerprint density at radius 2 is 1.71 bits per heavy atom. The van der Waals surface area contributed by atoms with E-state index in [2.05, 4.69) is 34.6 Å². The molecular weight excluding hydrogens is 393 g/mol. The van der Waals surface area contributed by atoms with Crippen LogP contribution >= 0.6 is 0 Å². The van der Waals surface area contributed by atoms with Gasteiger partial charge in [-0.1, -0.05) is 30.3 Å². The smallest absolute Gasteiger partial charge is 0.287 e. The van der Waals surface area contributed by atoms with Gasteiger partial charge in [0, 0.05) is 17.7 Å². The molecule has 2 aliphatic rings. The lowest BCUT2D eigenvalue weighted by Gasteiger charge is -2.15. The summed E-state index contributed by atoms with van der Waals surface area (Å²) in [6.45, 7) is 0.729. The van der Waals surface area contributed by atoms with Crippen LogP contribution in [0.2, 0.25) is 0 Å². The minimum Gasteiger partial charge on any atom is -0.460 e. The highest BCUT2D eigenvalue weighted by Crippen LogP contribution is 2.25. The summed E-state index contributed by atoms with van der Waals surface area (Å²) in [7, 11) is 0. The van der Waals surface area contributed by atoms with Gasteiger partial charge in [0.25, 0.3) is 11.9 Å². The first-order valence-electron chi connectivity index (χ1n) is 10.3. The Balaban J connectivity index is 0.000000212. The third kappa shape index (κ3) is 5.28. The fourth-order valence-electron chi connectivity index (χ4n) is 3.68. The summed E-state index contributed by atoms with van der Waals surface area (Å²) in [5.41, 5.74) is 11.7. The number of ether oxygens (including phenoxy) is 1. The summed E-state index contributed by atoms with van der Waals surface area (Å²) in [5, 5.41) is 2.79. The molecule has 5 rings (SSSR count). The molecule has 0 fully saturated rings. The van der Waals surface area contributed by atoms with Gasteiger partial charge in [0.1, 0.15) is 12.4 Å². The number of hydrogen-bond acceptors (Lipinski definition) is 4. The third-order valence-corrected chi connectivity index (χ3v) is 5.32. The molecule has 1 aliphatic heterocycles. The van der Waals surface area contributed by atoms with Gasteiger partial charge in [-0.15, -0.1) is 0 Å². The lowest BCUT2D eigenvalue weighted by atomic mass is 10.1. The van der Waals surface area contributed by atoms with Gasteiger partial charge in [-0.05, 0) is 72.4 Å². The highest BCUT2D eigenvalue weighted by molar-refractivity contribution is 5.94. The maximum absolute atomic E-state index is 12.8. The maximum atomic E-state index is 12.8. The molecule has 0 saturated heterocycles. The number of aryl methyl sites for hydroxylation is 2. The largest absolute Gasteiger partial charge is 0.460 e. The second-order valence-corrected chi connectivity index (χ2v) is 7.51. The topological polar surface area (TPSA) is 76.7 Å². The van der Waals surface area contributed by atoms with Crippen molar-refractivity contribution in [1.29, 1.82) is 0 Å². The van der Waals surface area contributed by atoms with Crippen LogP contribution in [0.1, 0.15) is 39.0 Å². The van der Waals surface area contributed by atoms with Crippen LogP contribution in [0, 0.1) is 5.82 Å². The van der Waals surface area contributed by atoms with Gasteiger partial charge < -0.3 is 15.8 Å². The van der Waals surface area contributed by atoms with Crippen LogP contribution in [0.25, 0.3) is 0 Å². The van der Waals surface area contributed by atoms with Crippen LogP contribution < -0.4 is 11.1 Å². The van der Waals surface area contributed by atoms with E-state index in [-0.39, 0.29) is 17.7 Å². The number of benzene rings is 3. The predicted molar refractivity (Wildman–Crippen MR) is 119 cm³/mol. The van der Waals surface area contributed by atoms with Gasteiger partial charge in [-0.3, -0.25) is 4.79 Å². The molecule has 5 nitrogen and oxygen atoms in total. The van der Waals surface area contributed by atoms with Crippen molar-refractivity contribution in [3.8, 4) is 0 Å². The number of hydrogen-bond donors (Lipinski definition) is 2. The monoisotopic (exact) mass is 417 g/mol. The molecule has 0 atom stereocenters. The van der Waals surface area contributed by atoms with Gasteiger partial charge >= 0.3 is 0 Å². The summed E-state index contributed by atoms with van der Waals surface area (Å²) < 4.78 is 18.0. The van der Waals surface area contributed by atoms with Crippen LogP contribution in [0.3, 0.4) is 0 Å². The number of nitrogens with two attached hydrogens (primary N) is 1. The fourth-order valence-corrected chi connectivity index (χ4v) is 3.68. The zero-order valence-electron chi connectivity index (χ0n) is 17.1. The number of carbonyl (C=O) groups excluding carboxylic acids is 1. The summed E-state index contributed by atoms with van der Waals surface area (Å²) in [5.74, 6) is -0.623. The van der Waals surface area contributed by atoms with Crippen molar-refractivity contribution in [3.63, 3.8) is 0 Å². The lowest BCUT2D eigenvalue weighted by Crippen LogP contribution is -2.23. The molecule has 1 heterocycles. The fraction of sp³-hybridized carbons (Fsp3) is 0.200. The molecule has 0 unspecified atom stereocenters. The van der Waals surface area contributed by atoms with Crippen LogP contribution in [0.4, 0.5) is 10.1 Å². The first kappa shape index (κ1) is 20.6. The molecule has 0 bridgehead atoms. The molecule has 31 heavy (non-hydrogen) atoms. The van der Waals surface area contributed by atoms with E-state index in [4.69, 9.17) is 10.5 Å². The van der Waals surface area contributed by atoms with Gasteiger partial charge in [-0.25, -0.2) is 4.39 Å². The van der Waals surface area contributed by atoms with E-state index in [9.17, 15) is 9.18 Å². The number of amides is 1. The predicted octanol–water partition coefficient (Wildman–Crippen LogP) is 4.41. The van der Waals surface area contributed by atoms with Crippen molar-refractivity contribution in [3.05, 3.63) is 100 Å². The Morgan fingerprint density at radius 3 is 2.42 bits per heavy atom. The van der Waals surface area contributed by atoms with E-state index in [0.717, 1.165) is 16.8 Å². The number of aliphatic imine (C=N–C) groups is 1. The third-order valence-electron chi connectivity index (χ3n) is 5.32. The van der Waals surface area contributed by atoms with Crippen LogP contribution in [0.5, 0.6) is 0 Å². The molecule has 6 heteroatoms. The van der Waals surface area contributed by atoms with Crippen molar-refractivity contribution in [2.75, 3.05) is 0 Å². The molecular formula is C25H24FN3O2. The Labute approximate surface area is 180 Å². The van der Waals surface area contributed by atoms with E-state index in [1.165, 1.54) is 43.5 Å². The number of carbonyl (C=O) groups is 1. The van der Waals surface area contributed by atoms with E-state index in [1.54, 1.807) is 11.1 Å². The second-order valence-electron chi connectivity index (χ2n) is 7.51. The van der Waals surface area contributed by atoms with E-state index < -0.39 is 0 Å². The Morgan fingerprint density at radius 1 is 1.00 bits per heavy atom. The van der Waals surface area contributed by atoms with Gasteiger partial charge in [0.05, 0.1) is 5.69 Å². The molecule has 1 amide bonds. The molecule has 0 saturated carbocycles. The first-order chi connectivity index (χ1) is 15.1. The van der Waals surface area contributed by atoms with Crippen LogP contribution in [-0.4, -0.2) is 11.9 Å². The van der Waals surface area contributed by atoms with E-state index >= 15 is 0 Å². The summed E-state index contributed by atoms with van der Waals surface area (Å²) in [6.07, 6.45) is 3.96.